The zero-order valence-electron chi connectivity index (χ0n) is 16.8. The number of hydrogen-bond donors (Lipinski definition) is 0. The number of allylic oxidation sites excluding steroid dienone is 4. The van der Waals surface area contributed by atoms with Gasteiger partial charge in [-0.15, -0.1) is 26.3 Å². The van der Waals surface area contributed by atoms with Gasteiger partial charge < -0.3 is 0 Å². The number of rotatable bonds is 10. The van der Waals surface area contributed by atoms with Crippen molar-refractivity contribution in [1.29, 1.82) is 0 Å². The summed E-state index contributed by atoms with van der Waals surface area (Å²) in [6.07, 6.45) is 5.12. The SMILES string of the molecule is C=CCn1c(=O)n(CC=C)c(=O)n(Cn2c(=O)n(CC=C)c(=O)n(CC=C)c2=O)c1=O. The van der Waals surface area contributed by atoms with Gasteiger partial charge in [0.15, 0.2) is 0 Å². The molecule has 0 saturated carbocycles. The van der Waals surface area contributed by atoms with Crippen LogP contribution >= 0.6 is 0 Å². The third-order valence-corrected chi connectivity index (χ3v) is 4.30. The van der Waals surface area contributed by atoms with E-state index in [0.29, 0.717) is 9.13 Å². The van der Waals surface area contributed by atoms with Crippen molar-refractivity contribution in [1.82, 2.24) is 27.4 Å². The van der Waals surface area contributed by atoms with Crippen molar-refractivity contribution in [2.24, 2.45) is 0 Å². The average Bonchev–Trinajstić information content (AvgIpc) is 2.74. The van der Waals surface area contributed by atoms with Gasteiger partial charge in [-0.3, -0.25) is 0 Å². The van der Waals surface area contributed by atoms with Crippen LogP contribution in [0.4, 0.5) is 0 Å². The van der Waals surface area contributed by atoms with Gasteiger partial charge in [-0.2, -0.15) is 0 Å². The first kappa shape index (κ1) is 23.1. The molecule has 0 unspecified atom stereocenters. The van der Waals surface area contributed by atoms with Crippen LogP contribution in [-0.2, 0) is 32.8 Å². The molecular weight excluding hydrogens is 408 g/mol. The second-order valence-electron chi connectivity index (χ2n) is 6.29. The van der Waals surface area contributed by atoms with Crippen LogP contribution in [-0.4, -0.2) is 27.4 Å². The Morgan fingerprint density at radius 2 is 0.613 bits per heavy atom. The molecule has 0 aliphatic carbocycles. The zero-order chi connectivity index (χ0) is 23.3. The summed E-state index contributed by atoms with van der Waals surface area (Å²) in [5, 5.41) is 0. The topological polar surface area (TPSA) is 132 Å². The van der Waals surface area contributed by atoms with Crippen molar-refractivity contribution in [3.05, 3.63) is 114 Å². The molecule has 164 valence electrons. The van der Waals surface area contributed by atoms with Crippen molar-refractivity contribution >= 4 is 0 Å². The Morgan fingerprint density at radius 3 is 0.806 bits per heavy atom. The van der Waals surface area contributed by atoms with E-state index < -0.39 is 40.8 Å². The van der Waals surface area contributed by atoms with E-state index in [2.05, 4.69) is 26.3 Å². The number of nitrogens with zero attached hydrogens (tertiary/aromatic N) is 6. The quantitative estimate of drug-likeness (QED) is 0.397. The molecule has 31 heavy (non-hydrogen) atoms. The van der Waals surface area contributed by atoms with Gasteiger partial charge in [0.05, 0.1) is 26.2 Å². The molecule has 2 rings (SSSR count). The molecule has 0 atom stereocenters. The summed E-state index contributed by atoms with van der Waals surface area (Å²) in [5.41, 5.74) is -5.95. The predicted octanol–water partition coefficient (Wildman–Crippen LogP) is -2.09. The lowest BCUT2D eigenvalue weighted by molar-refractivity contribution is 0.407. The van der Waals surface area contributed by atoms with Gasteiger partial charge in [-0.25, -0.2) is 56.2 Å². The molecule has 0 spiro atoms. The summed E-state index contributed by atoms with van der Waals surface area (Å²) in [6.45, 7) is 12.2. The van der Waals surface area contributed by atoms with Crippen molar-refractivity contribution in [2.45, 2.75) is 32.8 Å². The van der Waals surface area contributed by atoms with Gasteiger partial charge in [0.2, 0.25) is 0 Å². The predicted molar refractivity (Wildman–Crippen MR) is 115 cm³/mol. The van der Waals surface area contributed by atoms with Crippen LogP contribution in [0.1, 0.15) is 0 Å². The molecule has 2 aromatic heterocycles. The molecule has 0 aliphatic heterocycles. The van der Waals surface area contributed by atoms with E-state index in [1.807, 2.05) is 0 Å². The number of aromatic nitrogens is 6. The van der Waals surface area contributed by atoms with E-state index in [1.165, 1.54) is 24.3 Å². The van der Waals surface area contributed by atoms with Gasteiger partial charge in [0.1, 0.15) is 6.67 Å². The normalized spacial score (nSPS) is 10.6. The van der Waals surface area contributed by atoms with Crippen LogP contribution < -0.4 is 34.1 Å². The Kier molecular flexibility index (Phi) is 7.08. The van der Waals surface area contributed by atoms with Gasteiger partial charge in [-0.1, -0.05) is 24.3 Å². The second-order valence-corrected chi connectivity index (χ2v) is 6.29. The molecule has 0 N–H and O–H groups in total. The van der Waals surface area contributed by atoms with E-state index in [1.54, 1.807) is 0 Å². The maximum Gasteiger partial charge on any atom is 0.338 e. The molecule has 12 nitrogen and oxygen atoms in total. The molecule has 2 heterocycles. The molecule has 0 saturated heterocycles. The molecule has 0 fully saturated rings. The lowest BCUT2D eigenvalue weighted by Gasteiger charge is -2.15. The third kappa shape index (κ3) is 4.08. The Balaban J connectivity index is 2.94. The lowest BCUT2D eigenvalue weighted by Crippen LogP contribution is -2.59. The monoisotopic (exact) mass is 430 g/mol. The van der Waals surface area contributed by atoms with Crippen molar-refractivity contribution in [3.8, 4) is 0 Å². The first-order valence-electron chi connectivity index (χ1n) is 9.07. The number of hydrogen-bond acceptors (Lipinski definition) is 6. The largest absolute Gasteiger partial charge is 0.338 e. The average molecular weight is 430 g/mol. The molecule has 12 heteroatoms. The summed E-state index contributed by atoms with van der Waals surface area (Å²) < 4.78 is 4.02. The van der Waals surface area contributed by atoms with Gasteiger partial charge in [-0.05, 0) is 0 Å². The van der Waals surface area contributed by atoms with E-state index in [-0.39, 0.29) is 26.2 Å². The summed E-state index contributed by atoms with van der Waals surface area (Å²) in [5.74, 6) is 0. The van der Waals surface area contributed by atoms with Crippen molar-refractivity contribution < 1.29 is 0 Å². The van der Waals surface area contributed by atoms with E-state index in [4.69, 9.17) is 0 Å². The lowest BCUT2D eigenvalue weighted by atomic mass is 10.5. The minimum absolute atomic E-state index is 0.208. The Hall–Kier alpha value is -4.22. The standard InChI is InChI=1S/C19H22N6O6/c1-5-9-20-14(26)21(10-6-2)17(29)24(16(20)28)13-25-18(30)22(11-7-3)15(27)23(12-8-4)19(25)31/h5-8H,1-4,9-13H2. The minimum Gasteiger partial charge on any atom is -0.247 e. The first-order valence-corrected chi connectivity index (χ1v) is 9.07. The highest BCUT2D eigenvalue weighted by atomic mass is 16.2. The maximum absolute atomic E-state index is 12.8. The Bertz CT molecular complexity index is 1200. The zero-order valence-corrected chi connectivity index (χ0v) is 16.8. The summed E-state index contributed by atoms with van der Waals surface area (Å²) in [6, 6.07) is 0. The van der Waals surface area contributed by atoms with Crippen molar-refractivity contribution in [3.63, 3.8) is 0 Å². The van der Waals surface area contributed by atoms with Gasteiger partial charge in [0, 0.05) is 0 Å². The van der Waals surface area contributed by atoms with Gasteiger partial charge >= 0.3 is 34.1 Å². The van der Waals surface area contributed by atoms with E-state index >= 15 is 0 Å². The fraction of sp³-hybridized carbons (Fsp3) is 0.263. The Labute approximate surface area is 174 Å². The van der Waals surface area contributed by atoms with Crippen LogP contribution in [0.3, 0.4) is 0 Å². The molecule has 0 radical (unpaired) electrons. The van der Waals surface area contributed by atoms with E-state index in [0.717, 1.165) is 18.3 Å². The summed E-state index contributed by atoms with van der Waals surface area (Å²) in [7, 11) is 0. The molecule has 2 aromatic rings. The summed E-state index contributed by atoms with van der Waals surface area (Å²) in [4.78, 5) is 76.1. The Morgan fingerprint density at radius 1 is 0.419 bits per heavy atom. The van der Waals surface area contributed by atoms with Crippen LogP contribution in [0, 0.1) is 0 Å². The fourth-order valence-electron chi connectivity index (χ4n) is 2.89. The van der Waals surface area contributed by atoms with Gasteiger partial charge in [0.25, 0.3) is 0 Å². The highest BCUT2D eigenvalue weighted by molar-refractivity contribution is 4.88. The van der Waals surface area contributed by atoms with Crippen LogP contribution in [0.15, 0.2) is 79.4 Å². The summed E-state index contributed by atoms with van der Waals surface area (Å²) >= 11 is 0. The molecule has 0 bridgehead atoms. The molecular formula is C19H22N6O6. The fourth-order valence-corrected chi connectivity index (χ4v) is 2.89. The van der Waals surface area contributed by atoms with E-state index in [9.17, 15) is 28.8 Å². The van der Waals surface area contributed by atoms with Crippen LogP contribution in [0.25, 0.3) is 0 Å². The minimum atomic E-state index is -1.04. The van der Waals surface area contributed by atoms with Crippen molar-refractivity contribution in [2.75, 3.05) is 0 Å². The second kappa shape index (κ2) is 9.52. The smallest absolute Gasteiger partial charge is 0.247 e. The highest BCUT2D eigenvalue weighted by Gasteiger charge is 2.19. The maximum atomic E-state index is 12.8. The first-order chi connectivity index (χ1) is 14.7. The van der Waals surface area contributed by atoms with Crippen LogP contribution in [0.2, 0.25) is 0 Å². The van der Waals surface area contributed by atoms with Crippen LogP contribution in [0.5, 0.6) is 0 Å². The third-order valence-electron chi connectivity index (χ3n) is 4.30. The molecule has 0 aromatic carbocycles. The molecule has 0 aliphatic rings. The molecule has 0 amide bonds. The highest BCUT2D eigenvalue weighted by Crippen LogP contribution is 1.82.